The molecule has 8 N–H and O–H groups in total. The highest BCUT2D eigenvalue weighted by Gasteiger charge is 2.27. The number of amides is 4. The van der Waals surface area contributed by atoms with Gasteiger partial charge in [-0.2, -0.15) is 11.8 Å². The predicted octanol–water partition coefficient (Wildman–Crippen LogP) is -0.0671. The molecule has 2 aromatic rings. The molecule has 41 heavy (non-hydrogen) atoms. The SMILES string of the molecule is CSCC[C@H](NC(=O)[C@H](Cc1ccccc1)NC(=O)CNC(=O)[C@@H](C)NC(=O)[C@@H](N)Cc1ccc(O)cc1)C(=O)O. The first-order chi connectivity index (χ1) is 19.5. The van der Waals surface area contributed by atoms with Gasteiger partial charge in [0.2, 0.25) is 23.6 Å². The summed E-state index contributed by atoms with van der Waals surface area (Å²) in [5.74, 6) is -3.11. The van der Waals surface area contributed by atoms with Gasteiger partial charge in [0.1, 0.15) is 23.9 Å². The van der Waals surface area contributed by atoms with Crippen LogP contribution in [0.25, 0.3) is 0 Å². The lowest BCUT2D eigenvalue weighted by molar-refractivity contribution is -0.142. The van der Waals surface area contributed by atoms with E-state index in [-0.39, 0.29) is 25.0 Å². The van der Waals surface area contributed by atoms with E-state index in [2.05, 4.69) is 21.3 Å². The average molecular weight is 588 g/mol. The normalized spacial score (nSPS) is 13.6. The first-order valence-corrected chi connectivity index (χ1v) is 14.4. The minimum absolute atomic E-state index is 0.0868. The van der Waals surface area contributed by atoms with Gasteiger partial charge in [-0.15, -0.1) is 0 Å². The van der Waals surface area contributed by atoms with Gasteiger partial charge in [0.05, 0.1) is 12.6 Å². The van der Waals surface area contributed by atoms with E-state index in [9.17, 15) is 34.2 Å². The Kier molecular flexibility index (Phi) is 13.6. The molecule has 0 fully saturated rings. The molecule has 0 heterocycles. The summed E-state index contributed by atoms with van der Waals surface area (Å²) in [6.45, 7) is 0.955. The highest BCUT2D eigenvalue weighted by atomic mass is 32.2. The number of thioether (sulfide) groups is 1. The fraction of sp³-hybridized carbons (Fsp3) is 0.393. The number of carboxylic acids is 1. The number of phenolic OH excluding ortho intramolecular Hbond substituents is 1. The minimum atomic E-state index is -1.18. The van der Waals surface area contributed by atoms with Gasteiger partial charge in [-0.1, -0.05) is 42.5 Å². The van der Waals surface area contributed by atoms with Gasteiger partial charge < -0.3 is 37.2 Å². The molecule has 0 aliphatic heterocycles. The first-order valence-electron chi connectivity index (χ1n) is 13.0. The van der Waals surface area contributed by atoms with E-state index in [1.165, 1.54) is 30.8 Å². The van der Waals surface area contributed by atoms with Crippen LogP contribution in [0.4, 0.5) is 0 Å². The molecule has 2 aromatic carbocycles. The molecule has 0 aromatic heterocycles. The second-order valence-electron chi connectivity index (χ2n) is 9.42. The summed E-state index contributed by atoms with van der Waals surface area (Å²) >= 11 is 1.45. The van der Waals surface area contributed by atoms with Gasteiger partial charge in [-0.3, -0.25) is 19.2 Å². The zero-order chi connectivity index (χ0) is 30.4. The zero-order valence-corrected chi connectivity index (χ0v) is 23.8. The zero-order valence-electron chi connectivity index (χ0n) is 23.0. The van der Waals surface area contributed by atoms with E-state index in [0.717, 1.165) is 11.1 Å². The second-order valence-corrected chi connectivity index (χ2v) is 10.4. The number of hydrogen-bond acceptors (Lipinski definition) is 8. The quantitative estimate of drug-likeness (QED) is 0.140. The molecule has 13 heteroatoms. The molecule has 0 spiro atoms. The Balaban J connectivity index is 1.93. The summed E-state index contributed by atoms with van der Waals surface area (Å²) in [7, 11) is 0. The van der Waals surface area contributed by atoms with Crippen LogP contribution in [0.5, 0.6) is 5.75 Å². The summed E-state index contributed by atoms with van der Waals surface area (Å²) < 4.78 is 0. The van der Waals surface area contributed by atoms with E-state index in [1.54, 1.807) is 42.5 Å². The van der Waals surface area contributed by atoms with Gasteiger partial charge in [-0.25, -0.2) is 4.79 Å². The number of hydrogen-bond donors (Lipinski definition) is 7. The lowest BCUT2D eigenvalue weighted by atomic mass is 10.0. The topological polar surface area (TPSA) is 200 Å². The Bertz CT molecular complexity index is 1180. The third kappa shape index (κ3) is 11.9. The standard InChI is InChI=1S/C28H37N5O7S/c1-17(31-26(37)21(29)14-19-8-10-20(34)11-9-19)25(36)30-16-24(35)32-23(15-18-6-4-3-5-7-18)27(38)33-22(28(39)40)12-13-41-2/h3-11,17,21-23,34H,12-16,29H2,1-2H3,(H,30,36)(H,31,37)(H,32,35)(H,33,38)(H,39,40)/t17-,21+,22+,23+/m1/s1. The number of aliphatic carboxylic acids is 1. The Hall–Kier alpha value is -4.10. The molecular weight excluding hydrogens is 550 g/mol. The molecule has 0 bridgehead atoms. The molecule has 0 saturated heterocycles. The fourth-order valence-electron chi connectivity index (χ4n) is 3.75. The largest absolute Gasteiger partial charge is 0.508 e. The smallest absolute Gasteiger partial charge is 0.326 e. The van der Waals surface area contributed by atoms with Crippen LogP contribution in [0.1, 0.15) is 24.5 Å². The number of benzene rings is 2. The molecular formula is C28H37N5O7S. The van der Waals surface area contributed by atoms with E-state index < -0.39 is 60.3 Å². The van der Waals surface area contributed by atoms with Crippen LogP contribution in [0.3, 0.4) is 0 Å². The van der Waals surface area contributed by atoms with E-state index in [4.69, 9.17) is 5.73 Å². The number of carbonyl (C=O) groups excluding carboxylic acids is 4. The molecule has 0 unspecified atom stereocenters. The summed E-state index contributed by atoms with van der Waals surface area (Å²) in [5.41, 5.74) is 7.41. The lowest BCUT2D eigenvalue weighted by Gasteiger charge is -2.22. The van der Waals surface area contributed by atoms with Crippen LogP contribution < -0.4 is 27.0 Å². The molecule has 0 aliphatic rings. The molecule has 4 amide bonds. The predicted molar refractivity (Wildman–Crippen MR) is 155 cm³/mol. The van der Waals surface area contributed by atoms with Crippen LogP contribution >= 0.6 is 11.8 Å². The van der Waals surface area contributed by atoms with Gasteiger partial charge in [0.25, 0.3) is 0 Å². The van der Waals surface area contributed by atoms with Crippen molar-refractivity contribution in [3.63, 3.8) is 0 Å². The second kappa shape index (κ2) is 16.9. The van der Waals surface area contributed by atoms with E-state index in [0.29, 0.717) is 5.75 Å². The molecule has 12 nitrogen and oxygen atoms in total. The molecule has 2 rings (SSSR count). The van der Waals surface area contributed by atoms with Gasteiger partial charge in [0, 0.05) is 6.42 Å². The Morgan fingerprint density at radius 2 is 1.46 bits per heavy atom. The molecule has 0 aliphatic carbocycles. The van der Waals surface area contributed by atoms with Crippen molar-refractivity contribution in [3.05, 3.63) is 65.7 Å². The van der Waals surface area contributed by atoms with Crippen molar-refractivity contribution in [1.29, 1.82) is 0 Å². The number of carbonyl (C=O) groups is 5. The van der Waals surface area contributed by atoms with Crippen LogP contribution in [0, 0.1) is 0 Å². The van der Waals surface area contributed by atoms with Crippen molar-refractivity contribution in [2.24, 2.45) is 5.73 Å². The van der Waals surface area contributed by atoms with Gasteiger partial charge in [-0.05, 0) is 55.0 Å². The molecule has 222 valence electrons. The minimum Gasteiger partial charge on any atom is -0.508 e. The van der Waals surface area contributed by atoms with Crippen LogP contribution in [-0.4, -0.2) is 82.5 Å². The third-order valence-electron chi connectivity index (χ3n) is 6.06. The fourth-order valence-corrected chi connectivity index (χ4v) is 4.23. The highest BCUT2D eigenvalue weighted by Crippen LogP contribution is 2.11. The first kappa shape index (κ1) is 33.1. The maximum Gasteiger partial charge on any atom is 0.326 e. The lowest BCUT2D eigenvalue weighted by Crippen LogP contribution is -2.55. The highest BCUT2D eigenvalue weighted by molar-refractivity contribution is 7.98. The Morgan fingerprint density at radius 1 is 0.829 bits per heavy atom. The number of rotatable bonds is 16. The maximum absolute atomic E-state index is 13.0. The Labute approximate surface area is 242 Å². The van der Waals surface area contributed by atoms with Crippen molar-refractivity contribution >= 4 is 41.4 Å². The number of aromatic hydroxyl groups is 1. The van der Waals surface area contributed by atoms with Crippen molar-refractivity contribution in [3.8, 4) is 5.75 Å². The van der Waals surface area contributed by atoms with Gasteiger partial charge >= 0.3 is 5.97 Å². The van der Waals surface area contributed by atoms with Gasteiger partial charge in [0.15, 0.2) is 0 Å². The monoisotopic (exact) mass is 587 g/mol. The van der Waals surface area contributed by atoms with Crippen molar-refractivity contribution < 1.29 is 34.2 Å². The van der Waals surface area contributed by atoms with Crippen LogP contribution in [0.15, 0.2) is 54.6 Å². The molecule has 0 radical (unpaired) electrons. The summed E-state index contributed by atoms with van der Waals surface area (Å²) in [4.78, 5) is 62.2. The van der Waals surface area contributed by atoms with Crippen molar-refractivity contribution in [2.75, 3.05) is 18.6 Å². The molecule has 0 saturated carbocycles. The number of phenols is 1. The van der Waals surface area contributed by atoms with E-state index in [1.807, 2.05) is 6.26 Å². The Morgan fingerprint density at radius 3 is 2.07 bits per heavy atom. The summed E-state index contributed by atoms with van der Waals surface area (Å²) in [5, 5.41) is 28.8. The third-order valence-corrected chi connectivity index (χ3v) is 6.71. The van der Waals surface area contributed by atoms with Crippen LogP contribution in [-0.2, 0) is 36.8 Å². The number of carboxylic acid groups (broad SMARTS) is 1. The van der Waals surface area contributed by atoms with Crippen molar-refractivity contribution in [1.82, 2.24) is 21.3 Å². The number of nitrogens with one attached hydrogen (secondary N) is 4. The van der Waals surface area contributed by atoms with E-state index >= 15 is 0 Å². The summed E-state index contributed by atoms with van der Waals surface area (Å²) in [6, 6.07) is 11.0. The van der Waals surface area contributed by atoms with Crippen molar-refractivity contribution in [2.45, 2.75) is 50.4 Å². The average Bonchev–Trinajstić information content (AvgIpc) is 2.94. The maximum atomic E-state index is 13.0. The molecule has 4 atom stereocenters. The van der Waals surface area contributed by atoms with Crippen LogP contribution in [0.2, 0.25) is 0 Å². The number of nitrogens with two attached hydrogens (primary N) is 1. The summed E-state index contributed by atoms with van der Waals surface area (Å²) in [6.07, 6.45) is 2.33.